The Balaban J connectivity index is 1.88. The molecule has 1 heterocycles. The molecule has 1 aromatic carbocycles. The second kappa shape index (κ2) is 7.60. The van der Waals surface area contributed by atoms with E-state index in [1.807, 2.05) is 24.3 Å². The van der Waals surface area contributed by atoms with Gasteiger partial charge in [-0.3, -0.25) is 0 Å². The van der Waals surface area contributed by atoms with E-state index in [1.165, 1.54) is 12.8 Å². The summed E-state index contributed by atoms with van der Waals surface area (Å²) >= 11 is 5.48. The van der Waals surface area contributed by atoms with Gasteiger partial charge in [-0.1, -0.05) is 19.1 Å². The van der Waals surface area contributed by atoms with Crippen LogP contribution in [0, 0.1) is 0 Å². The topological polar surface area (TPSA) is 33.3 Å². The summed E-state index contributed by atoms with van der Waals surface area (Å²) in [6.45, 7) is 6.17. The van der Waals surface area contributed by atoms with E-state index >= 15 is 0 Å². The van der Waals surface area contributed by atoms with Crippen LogP contribution in [0.2, 0.25) is 0 Å². The Morgan fingerprint density at radius 3 is 2.80 bits per heavy atom. The SMILES string of the molecule is CCCOc1ccc(C(=S)NC(C)C2CCCN2)cc1. The number of nitrogens with one attached hydrogen (secondary N) is 2. The number of rotatable bonds is 6. The van der Waals surface area contributed by atoms with Gasteiger partial charge in [0, 0.05) is 17.6 Å². The van der Waals surface area contributed by atoms with Crippen LogP contribution in [0.15, 0.2) is 24.3 Å². The lowest BCUT2D eigenvalue weighted by Gasteiger charge is -2.22. The first-order valence-corrected chi connectivity index (χ1v) is 7.88. The first kappa shape index (κ1) is 15.3. The predicted molar refractivity (Wildman–Crippen MR) is 87.6 cm³/mol. The minimum Gasteiger partial charge on any atom is -0.494 e. The molecule has 1 aliphatic rings. The van der Waals surface area contributed by atoms with Crippen molar-refractivity contribution in [3.63, 3.8) is 0 Å². The lowest BCUT2D eigenvalue weighted by Crippen LogP contribution is -2.45. The summed E-state index contributed by atoms with van der Waals surface area (Å²) in [6.07, 6.45) is 3.50. The Hall–Kier alpha value is -1.13. The number of ether oxygens (including phenoxy) is 1. The fraction of sp³-hybridized carbons (Fsp3) is 0.562. The van der Waals surface area contributed by atoms with E-state index in [-0.39, 0.29) is 0 Å². The zero-order valence-corrected chi connectivity index (χ0v) is 13.1. The highest BCUT2D eigenvalue weighted by Crippen LogP contribution is 2.14. The molecule has 0 aromatic heterocycles. The quantitative estimate of drug-likeness (QED) is 0.790. The van der Waals surface area contributed by atoms with Gasteiger partial charge < -0.3 is 15.4 Å². The van der Waals surface area contributed by atoms with E-state index in [0.717, 1.165) is 35.9 Å². The number of hydrogen-bond acceptors (Lipinski definition) is 3. The van der Waals surface area contributed by atoms with Gasteiger partial charge in [0.1, 0.15) is 10.7 Å². The largest absolute Gasteiger partial charge is 0.494 e. The van der Waals surface area contributed by atoms with Crippen LogP contribution in [0.5, 0.6) is 5.75 Å². The van der Waals surface area contributed by atoms with Crippen LogP contribution < -0.4 is 15.4 Å². The van der Waals surface area contributed by atoms with Crippen LogP contribution in [0.3, 0.4) is 0 Å². The summed E-state index contributed by atoms with van der Waals surface area (Å²) in [5.41, 5.74) is 1.05. The van der Waals surface area contributed by atoms with E-state index in [4.69, 9.17) is 17.0 Å². The highest BCUT2D eigenvalue weighted by atomic mass is 32.1. The summed E-state index contributed by atoms with van der Waals surface area (Å²) in [5, 5.41) is 6.93. The van der Waals surface area contributed by atoms with Crippen LogP contribution >= 0.6 is 12.2 Å². The van der Waals surface area contributed by atoms with Crippen LogP contribution in [0.4, 0.5) is 0 Å². The van der Waals surface area contributed by atoms with E-state index in [0.29, 0.717) is 12.1 Å². The first-order chi connectivity index (χ1) is 9.70. The van der Waals surface area contributed by atoms with Crippen molar-refractivity contribution >= 4 is 17.2 Å². The zero-order valence-electron chi connectivity index (χ0n) is 12.3. The van der Waals surface area contributed by atoms with Crippen molar-refractivity contribution in [1.29, 1.82) is 0 Å². The molecule has 20 heavy (non-hydrogen) atoms. The van der Waals surface area contributed by atoms with Gasteiger partial charge in [-0.15, -0.1) is 0 Å². The summed E-state index contributed by atoms with van der Waals surface area (Å²) in [7, 11) is 0. The van der Waals surface area contributed by atoms with Gasteiger partial charge in [0.25, 0.3) is 0 Å². The third kappa shape index (κ3) is 4.18. The summed E-state index contributed by atoms with van der Waals surface area (Å²) < 4.78 is 5.58. The van der Waals surface area contributed by atoms with Gasteiger partial charge in [-0.2, -0.15) is 0 Å². The van der Waals surface area contributed by atoms with Crippen molar-refractivity contribution in [3.05, 3.63) is 29.8 Å². The van der Waals surface area contributed by atoms with Crippen molar-refractivity contribution in [1.82, 2.24) is 10.6 Å². The van der Waals surface area contributed by atoms with Crippen LogP contribution in [-0.2, 0) is 0 Å². The lowest BCUT2D eigenvalue weighted by atomic mass is 10.1. The summed E-state index contributed by atoms with van der Waals surface area (Å²) in [6, 6.07) is 8.90. The molecule has 1 fully saturated rings. The maximum atomic E-state index is 5.58. The van der Waals surface area contributed by atoms with Gasteiger partial charge in [-0.05, 0) is 57.0 Å². The molecule has 2 atom stereocenters. The number of benzene rings is 1. The van der Waals surface area contributed by atoms with Crippen molar-refractivity contribution < 1.29 is 4.74 Å². The van der Waals surface area contributed by atoms with Crippen molar-refractivity contribution in [2.24, 2.45) is 0 Å². The van der Waals surface area contributed by atoms with Crippen LogP contribution in [0.1, 0.15) is 38.7 Å². The molecule has 0 aliphatic carbocycles. The molecule has 1 saturated heterocycles. The minimum absolute atomic E-state index is 0.362. The molecule has 0 amide bonds. The standard InChI is InChI=1S/C16H24N2OS/c1-3-11-19-14-8-6-13(7-9-14)16(20)18-12(2)15-5-4-10-17-15/h6-9,12,15,17H,3-5,10-11H2,1-2H3,(H,18,20). The second-order valence-corrected chi connectivity index (χ2v) is 5.75. The molecule has 110 valence electrons. The number of hydrogen-bond donors (Lipinski definition) is 2. The van der Waals surface area contributed by atoms with Gasteiger partial charge in [0.05, 0.1) is 6.61 Å². The molecular weight excluding hydrogens is 268 g/mol. The lowest BCUT2D eigenvalue weighted by molar-refractivity contribution is 0.317. The number of thiocarbonyl (C=S) groups is 1. The maximum Gasteiger partial charge on any atom is 0.119 e. The average Bonchev–Trinajstić information content (AvgIpc) is 3.00. The highest BCUT2D eigenvalue weighted by Gasteiger charge is 2.21. The predicted octanol–water partition coefficient (Wildman–Crippen LogP) is 2.88. The third-order valence-electron chi connectivity index (χ3n) is 3.65. The molecular formula is C16H24N2OS. The molecule has 1 aromatic rings. The molecule has 0 bridgehead atoms. The maximum absolute atomic E-state index is 5.58. The van der Waals surface area contributed by atoms with E-state index < -0.39 is 0 Å². The van der Waals surface area contributed by atoms with Crippen molar-refractivity contribution in [2.45, 2.75) is 45.2 Å². The normalized spacial score (nSPS) is 19.6. The van der Waals surface area contributed by atoms with Gasteiger partial charge in [-0.25, -0.2) is 0 Å². The molecule has 2 N–H and O–H groups in total. The first-order valence-electron chi connectivity index (χ1n) is 7.48. The monoisotopic (exact) mass is 292 g/mol. The van der Waals surface area contributed by atoms with E-state index in [9.17, 15) is 0 Å². The van der Waals surface area contributed by atoms with E-state index in [2.05, 4.69) is 24.5 Å². The van der Waals surface area contributed by atoms with Crippen LogP contribution in [-0.4, -0.2) is 30.2 Å². The summed E-state index contributed by atoms with van der Waals surface area (Å²) in [5.74, 6) is 0.906. The third-order valence-corrected chi connectivity index (χ3v) is 4.00. The molecule has 0 radical (unpaired) electrons. The molecule has 0 saturated carbocycles. The molecule has 4 heteroatoms. The van der Waals surface area contributed by atoms with Crippen LogP contribution in [0.25, 0.3) is 0 Å². The molecule has 2 unspecified atom stereocenters. The molecule has 3 nitrogen and oxygen atoms in total. The second-order valence-electron chi connectivity index (χ2n) is 5.34. The average molecular weight is 292 g/mol. The smallest absolute Gasteiger partial charge is 0.119 e. The van der Waals surface area contributed by atoms with E-state index in [1.54, 1.807) is 0 Å². The minimum atomic E-state index is 0.362. The zero-order chi connectivity index (χ0) is 14.4. The van der Waals surface area contributed by atoms with Gasteiger partial charge in [0.2, 0.25) is 0 Å². The van der Waals surface area contributed by atoms with Crippen molar-refractivity contribution in [2.75, 3.05) is 13.2 Å². The fourth-order valence-corrected chi connectivity index (χ4v) is 2.77. The van der Waals surface area contributed by atoms with Gasteiger partial charge >= 0.3 is 0 Å². The van der Waals surface area contributed by atoms with Gasteiger partial charge in [0.15, 0.2) is 0 Å². The Morgan fingerprint density at radius 1 is 1.45 bits per heavy atom. The Bertz CT molecular complexity index is 427. The fourth-order valence-electron chi connectivity index (χ4n) is 2.45. The molecule has 0 spiro atoms. The molecule has 1 aliphatic heterocycles. The Morgan fingerprint density at radius 2 is 2.20 bits per heavy atom. The Labute approximate surface area is 127 Å². The van der Waals surface area contributed by atoms with Crippen molar-refractivity contribution in [3.8, 4) is 5.75 Å². The summed E-state index contributed by atoms with van der Waals surface area (Å²) in [4.78, 5) is 0.813. The Kier molecular flexibility index (Phi) is 5.80. The molecule has 2 rings (SSSR count). The highest BCUT2D eigenvalue weighted by molar-refractivity contribution is 7.80.